The number of ketones is 1. The molecular weight excluding hydrogens is 418 g/mol. The number of hydrogen-bond donors (Lipinski definition) is 1. The lowest BCUT2D eigenvalue weighted by Crippen LogP contribution is -2.57. The summed E-state index contributed by atoms with van der Waals surface area (Å²) >= 11 is 6.06. The van der Waals surface area contributed by atoms with Gasteiger partial charge in [-0.05, 0) is 54.4 Å². The summed E-state index contributed by atoms with van der Waals surface area (Å²) in [5, 5.41) is 1.84. The smallest absolute Gasteiger partial charge is 0.181 e. The van der Waals surface area contributed by atoms with E-state index in [1.165, 1.54) is 16.6 Å². The zero-order valence-electron chi connectivity index (χ0n) is 17.9. The standard InChI is InChI=1S/C27H26ClN3O/c28-22-11-9-21(10-12-22)27(32)26-19-31(25-8-4-7-24-23(25)13-15-29-24)18-17-30(26)16-14-20-5-2-1-3-6-20/h1-13,15,26,29H,14,16-19H2. The largest absolute Gasteiger partial charge is 0.368 e. The second-order valence-corrected chi connectivity index (χ2v) is 8.76. The van der Waals surface area contributed by atoms with Crippen molar-refractivity contribution in [2.45, 2.75) is 12.5 Å². The van der Waals surface area contributed by atoms with Crippen LogP contribution in [-0.4, -0.2) is 47.9 Å². The zero-order valence-corrected chi connectivity index (χ0v) is 18.6. The van der Waals surface area contributed by atoms with E-state index in [-0.39, 0.29) is 11.8 Å². The number of Topliss-reactive ketones (excluding diaryl/α,β-unsaturated/α-hetero) is 1. The van der Waals surface area contributed by atoms with E-state index >= 15 is 0 Å². The molecule has 0 spiro atoms. The van der Waals surface area contributed by atoms with E-state index in [9.17, 15) is 4.79 Å². The van der Waals surface area contributed by atoms with E-state index in [1.54, 1.807) is 12.1 Å². The highest BCUT2D eigenvalue weighted by Gasteiger charge is 2.33. The number of carbonyl (C=O) groups excluding carboxylic acids is 1. The van der Waals surface area contributed by atoms with Crippen LogP contribution in [0.15, 0.2) is 85.1 Å². The van der Waals surface area contributed by atoms with Crippen molar-refractivity contribution in [3.05, 3.63) is 101 Å². The Labute approximate surface area is 193 Å². The predicted octanol–water partition coefficient (Wildman–Crippen LogP) is 5.44. The molecule has 5 rings (SSSR count). The van der Waals surface area contributed by atoms with Gasteiger partial charge in [-0.25, -0.2) is 0 Å². The van der Waals surface area contributed by atoms with Crippen molar-refractivity contribution in [2.75, 3.05) is 31.1 Å². The van der Waals surface area contributed by atoms with Gasteiger partial charge in [-0.3, -0.25) is 9.69 Å². The number of benzene rings is 3. The van der Waals surface area contributed by atoms with Crippen molar-refractivity contribution in [3.63, 3.8) is 0 Å². The lowest BCUT2D eigenvalue weighted by Gasteiger charge is -2.42. The van der Waals surface area contributed by atoms with Crippen LogP contribution in [0.1, 0.15) is 15.9 Å². The molecule has 2 heterocycles. The highest BCUT2D eigenvalue weighted by Crippen LogP contribution is 2.29. The molecule has 0 amide bonds. The number of aromatic nitrogens is 1. The first-order valence-corrected chi connectivity index (χ1v) is 11.5. The zero-order chi connectivity index (χ0) is 21.9. The molecule has 3 aromatic carbocycles. The Morgan fingerprint density at radius 1 is 0.938 bits per heavy atom. The molecule has 0 bridgehead atoms. The molecule has 1 N–H and O–H groups in total. The summed E-state index contributed by atoms with van der Waals surface area (Å²) in [4.78, 5) is 21.6. The third-order valence-corrected chi connectivity index (χ3v) is 6.62. The van der Waals surface area contributed by atoms with Gasteiger partial charge < -0.3 is 9.88 Å². The summed E-state index contributed by atoms with van der Waals surface area (Å²) in [6, 6.07) is 26.0. The molecule has 4 nitrogen and oxygen atoms in total. The molecule has 1 aromatic heterocycles. The first-order chi connectivity index (χ1) is 15.7. The Bertz CT molecular complexity index is 1200. The van der Waals surface area contributed by atoms with E-state index in [4.69, 9.17) is 11.6 Å². The Morgan fingerprint density at radius 3 is 2.56 bits per heavy atom. The van der Waals surface area contributed by atoms with Crippen LogP contribution in [0.5, 0.6) is 0 Å². The maximum atomic E-state index is 13.6. The number of aromatic amines is 1. The van der Waals surface area contributed by atoms with E-state index in [0.717, 1.165) is 31.6 Å². The number of carbonyl (C=O) groups is 1. The highest BCUT2D eigenvalue weighted by molar-refractivity contribution is 6.30. The highest BCUT2D eigenvalue weighted by atomic mass is 35.5. The first-order valence-electron chi connectivity index (χ1n) is 11.1. The number of piperazine rings is 1. The summed E-state index contributed by atoms with van der Waals surface area (Å²) < 4.78 is 0. The SMILES string of the molecule is O=C(c1ccc(Cl)cc1)C1CN(c2cccc3[nH]ccc23)CCN1CCc1ccccc1. The minimum atomic E-state index is -0.206. The molecular formula is C27H26ClN3O. The Hall–Kier alpha value is -3.08. The average molecular weight is 444 g/mol. The molecule has 1 aliphatic heterocycles. The second-order valence-electron chi connectivity index (χ2n) is 8.32. The molecule has 1 fully saturated rings. The van der Waals surface area contributed by atoms with Crippen LogP contribution in [0.25, 0.3) is 10.9 Å². The third kappa shape index (κ3) is 4.29. The van der Waals surface area contributed by atoms with Crippen molar-refractivity contribution in [3.8, 4) is 0 Å². The van der Waals surface area contributed by atoms with Crippen molar-refractivity contribution in [2.24, 2.45) is 0 Å². The van der Waals surface area contributed by atoms with Crippen LogP contribution in [-0.2, 0) is 6.42 Å². The number of halogens is 1. The molecule has 4 aromatic rings. The summed E-state index contributed by atoms with van der Waals surface area (Å²) in [6.45, 7) is 3.26. The molecule has 5 heteroatoms. The van der Waals surface area contributed by atoms with E-state index in [2.05, 4.69) is 63.3 Å². The number of nitrogens with zero attached hydrogens (tertiary/aromatic N) is 2. The Morgan fingerprint density at radius 2 is 1.75 bits per heavy atom. The van der Waals surface area contributed by atoms with Crippen LogP contribution in [0.2, 0.25) is 5.02 Å². The van der Waals surface area contributed by atoms with Crippen LogP contribution in [0.4, 0.5) is 5.69 Å². The fraction of sp³-hybridized carbons (Fsp3) is 0.222. The van der Waals surface area contributed by atoms with Gasteiger partial charge in [-0.15, -0.1) is 0 Å². The fourth-order valence-corrected chi connectivity index (χ4v) is 4.75. The van der Waals surface area contributed by atoms with Gasteiger partial charge in [0.1, 0.15) is 0 Å². The van der Waals surface area contributed by atoms with Gasteiger partial charge >= 0.3 is 0 Å². The lowest BCUT2D eigenvalue weighted by atomic mass is 9.99. The molecule has 1 aliphatic rings. The monoisotopic (exact) mass is 443 g/mol. The quantitative estimate of drug-likeness (QED) is 0.403. The van der Waals surface area contributed by atoms with Crippen LogP contribution in [0.3, 0.4) is 0 Å². The second kappa shape index (κ2) is 9.19. The fourth-order valence-electron chi connectivity index (χ4n) is 4.62. The number of hydrogen-bond acceptors (Lipinski definition) is 3. The van der Waals surface area contributed by atoms with Crippen molar-refractivity contribution < 1.29 is 4.79 Å². The van der Waals surface area contributed by atoms with E-state index in [0.29, 0.717) is 17.1 Å². The lowest BCUT2D eigenvalue weighted by molar-refractivity contribution is 0.0798. The summed E-state index contributed by atoms with van der Waals surface area (Å²) in [5.41, 5.74) is 4.31. The van der Waals surface area contributed by atoms with Gasteiger partial charge in [0.15, 0.2) is 5.78 Å². The number of rotatable bonds is 6. The summed E-state index contributed by atoms with van der Waals surface area (Å²) in [6.07, 6.45) is 2.90. The van der Waals surface area contributed by atoms with Crippen molar-refractivity contribution >= 4 is 34.0 Å². The number of fused-ring (bicyclic) bond motifs is 1. The Kier molecular flexibility index (Phi) is 5.97. The minimum Gasteiger partial charge on any atom is -0.368 e. The van der Waals surface area contributed by atoms with Gasteiger partial charge in [-0.1, -0.05) is 48.0 Å². The van der Waals surface area contributed by atoms with Gasteiger partial charge in [0, 0.05) is 59.6 Å². The topological polar surface area (TPSA) is 39.3 Å². The summed E-state index contributed by atoms with van der Waals surface area (Å²) in [5.74, 6) is 0.153. The van der Waals surface area contributed by atoms with Gasteiger partial charge in [0.05, 0.1) is 6.04 Å². The molecule has 1 atom stereocenters. The van der Waals surface area contributed by atoms with Gasteiger partial charge in [-0.2, -0.15) is 0 Å². The molecule has 0 radical (unpaired) electrons. The van der Waals surface area contributed by atoms with Gasteiger partial charge in [0.25, 0.3) is 0 Å². The molecule has 1 unspecified atom stereocenters. The predicted molar refractivity (Wildman–Crippen MR) is 132 cm³/mol. The average Bonchev–Trinajstić information content (AvgIpc) is 3.32. The van der Waals surface area contributed by atoms with Gasteiger partial charge in [0.2, 0.25) is 0 Å². The van der Waals surface area contributed by atoms with Crippen LogP contribution >= 0.6 is 11.6 Å². The van der Waals surface area contributed by atoms with Crippen LogP contribution in [0, 0.1) is 0 Å². The van der Waals surface area contributed by atoms with Crippen molar-refractivity contribution in [1.82, 2.24) is 9.88 Å². The molecule has 32 heavy (non-hydrogen) atoms. The Balaban J connectivity index is 1.41. The number of anilines is 1. The van der Waals surface area contributed by atoms with E-state index < -0.39 is 0 Å². The normalized spacial score (nSPS) is 17.0. The molecule has 0 aliphatic carbocycles. The number of H-pyrrole nitrogens is 1. The molecule has 1 saturated heterocycles. The minimum absolute atomic E-state index is 0.153. The van der Waals surface area contributed by atoms with Crippen molar-refractivity contribution in [1.29, 1.82) is 0 Å². The molecule has 0 saturated carbocycles. The maximum Gasteiger partial charge on any atom is 0.181 e. The number of nitrogens with one attached hydrogen (secondary N) is 1. The van der Waals surface area contributed by atoms with E-state index in [1.807, 2.05) is 24.4 Å². The molecule has 162 valence electrons. The third-order valence-electron chi connectivity index (χ3n) is 6.37. The summed E-state index contributed by atoms with van der Waals surface area (Å²) in [7, 11) is 0. The maximum absolute atomic E-state index is 13.6. The van der Waals surface area contributed by atoms with Crippen LogP contribution < -0.4 is 4.90 Å². The first kappa shape index (κ1) is 20.8.